The van der Waals surface area contributed by atoms with Gasteiger partial charge in [-0.15, -0.1) is 11.6 Å². The number of nitrogens with zero attached hydrogens (tertiary/aromatic N) is 3. The highest BCUT2D eigenvalue weighted by Crippen LogP contribution is 2.33. The van der Waals surface area contributed by atoms with E-state index in [0.29, 0.717) is 15.8 Å². The van der Waals surface area contributed by atoms with Gasteiger partial charge in [-0.1, -0.05) is 23.2 Å². The summed E-state index contributed by atoms with van der Waals surface area (Å²) < 4.78 is 7.46. The van der Waals surface area contributed by atoms with Crippen LogP contribution in [0.25, 0.3) is 0 Å². The highest BCUT2D eigenvalue weighted by molar-refractivity contribution is 6.35. The number of hydrogen-bond acceptors (Lipinski definition) is 3. The molecule has 4 nitrogen and oxygen atoms in total. The zero-order valence-corrected chi connectivity index (χ0v) is 12.5. The van der Waals surface area contributed by atoms with Crippen LogP contribution in [-0.4, -0.2) is 14.8 Å². The summed E-state index contributed by atoms with van der Waals surface area (Å²) in [5, 5.41) is 5.04. The van der Waals surface area contributed by atoms with Gasteiger partial charge in [0, 0.05) is 17.1 Å². The summed E-state index contributed by atoms with van der Waals surface area (Å²) >= 11 is 17.9. The maximum absolute atomic E-state index is 6.12. The van der Waals surface area contributed by atoms with E-state index in [-0.39, 0.29) is 12.5 Å². The molecule has 0 spiro atoms. The molecule has 0 aliphatic carbocycles. The fourth-order valence-corrected chi connectivity index (χ4v) is 2.46. The summed E-state index contributed by atoms with van der Waals surface area (Å²) in [6, 6.07) is 3.36. The third-order valence-corrected chi connectivity index (χ3v) is 3.36. The van der Waals surface area contributed by atoms with Crippen molar-refractivity contribution in [1.29, 1.82) is 0 Å². The third-order valence-electron chi connectivity index (χ3n) is 2.57. The lowest BCUT2D eigenvalue weighted by atomic mass is 10.2. The van der Waals surface area contributed by atoms with Crippen LogP contribution >= 0.6 is 34.8 Å². The summed E-state index contributed by atoms with van der Waals surface area (Å²) in [5.41, 5.74) is 0.752. The smallest absolute Gasteiger partial charge is 0.164 e. The average Bonchev–Trinajstić information content (AvgIpc) is 2.84. The number of benzene rings is 1. The topological polar surface area (TPSA) is 39.9 Å². The lowest BCUT2D eigenvalue weighted by Crippen LogP contribution is -2.08. The van der Waals surface area contributed by atoms with Gasteiger partial charge >= 0.3 is 0 Å². The van der Waals surface area contributed by atoms with E-state index in [9.17, 15) is 0 Å². The average molecular weight is 321 g/mol. The second kappa shape index (κ2) is 6.46. The summed E-state index contributed by atoms with van der Waals surface area (Å²) in [7, 11) is 0. The van der Waals surface area contributed by atoms with Crippen LogP contribution < -0.4 is 4.74 Å². The lowest BCUT2D eigenvalue weighted by Gasteiger charge is -2.12. The van der Waals surface area contributed by atoms with Crippen LogP contribution in [0.15, 0.2) is 18.5 Å². The number of hydrogen-bond donors (Lipinski definition) is 0. The Morgan fingerprint density at radius 2 is 2.11 bits per heavy atom. The summed E-state index contributed by atoms with van der Waals surface area (Å²) in [4.78, 5) is 4.13. The largest absolute Gasteiger partial charge is 0.484 e. The van der Waals surface area contributed by atoms with Crippen molar-refractivity contribution < 1.29 is 4.74 Å². The first-order valence-corrected chi connectivity index (χ1v) is 6.98. The van der Waals surface area contributed by atoms with Gasteiger partial charge in [0.1, 0.15) is 18.7 Å². The van der Waals surface area contributed by atoms with Gasteiger partial charge in [0.25, 0.3) is 0 Å². The van der Waals surface area contributed by atoms with Crippen LogP contribution in [0, 0.1) is 0 Å². The van der Waals surface area contributed by atoms with Gasteiger partial charge in [0.15, 0.2) is 5.82 Å². The summed E-state index contributed by atoms with van der Waals surface area (Å²) in [6.07, 6.45) is 1.49. The van der Waals surface area contributed by atoms with Crippen LogP contribution in [0.2, 0.25) is 10.0 Å². The van der Waals surface area contributed by atoms with E-state index in [1.165, 1.54) is 6.33 Å². The first-order valence-electron chi connectivity index (χ1n) is 5.69. The predicted molar refractivity (Wildman–Crippen MR) is 76.0 cm³/mol. The standard InChI is InChI=1S/C12H12Cl3N3O/c1-2-18-11(16-7-17-18)6-19-12-8(5-13)3-9(14)4-10(12)15/h3-4,7H,2,5-6H2,1H3. The van der Waals surface area contributed by atoms with Crippen molar-refractivity contribution in [2.45, 2.75) is 26.0 Å². The molecule has 0 saturated heterocycles. The normalized spacial score (nSPS) is 10.7. The van der Waals surface area contributed by atoms with E-state index in [4.69, 9.17) is 39.5 Å². The minimum Gasteiger partial charge on any atom is -0.484 e. The molecule has 2 aromatic rings. The molecule has 0 atom stereocenters. The molecule has 102 valence electrons. The molecule has 0 bridgehead atoms. The van der Waals surface area contributed by atoms with Crippen molar-refractivity contribution in [1.82, 2.24) is 14.8 Å². The molecule has 0 amide bonds. The third kappa shape index (κ3) is 3.32. The fraction of sp³-hybridized carbons (Fsp3) is 0.333. The molecular weight excluding hydrogens is 309 g/mol. The first-order chi connectivity index (χ1) is 9.15. The Kier molecular flexibility index (Phi) is 4.91. The zero-order chi connectivity index (χ0) is 13.8. The van der Waals surface area contributed by atoms with E-state index in [1.807, 2.05) is 6.92 Å². The number of ether oxygens (including phenoxy) is 1. The zero-order valence-electron chi connectivity index (χ0n) is 10.2. The summed E-state index contributed by atoms with van der Waals surface area (Å²) in [5.74, 6) is 1.54. The van der Waals surface area contributed by atoms with Gasteiger partial charge in [0.2, 0.25) is 0 Å². The Morgan fingerprint density at radius 3 is 2.79 bits per heavy atom. The van der Waals surface area contributed by atoms with Crippen molar-refractivity contribution in [3.05, 3.63) is 39.9 Å². The van der Waals surface area contributed by atoms with E-state index < -0.39 is 0 Å². The Labute approximate surface area is 126 Å². The molecule has 2 rings (SSSR count). The molecular formula is C12H12Cl3N3O. The van der Waals surface area contributed by atoms with E-state index in [2.05, 4.69) is 10.1 Å². The Hall–Kier alpha value is -0.970. The molecule has 1 heterocycles. The highest BCUT2D eigenvalue weighted by Gasteiger charge is 2.12. The molecule has 0 saturated carbocycles. The molecule has 0 aliphatic rings. The molecule has 0 radical (unpaired) electrons. The van der Waals surface area contributed by atoms with Gasteiger partial charge in [-0.05, 0) is 19.1 Å². The molecule has 19 heavy (non-hydrogen) atoms. The van der Waals surface area contributed by atoms with Gasteiger partial charge < -0.3 is 4.74 Å². The summed E-state index contributed by atoms with van der Waals surface area (Å²) in [6.45, 7) is 2.99. The second-order valence-corrected chi connectivity index (χ2v) is 4.90. The molecule has 0 N–H and O–H groups in total. The number of alkyl halides is 1. The molecule has 0 fully saturated rings. The first kappa shape index (κ1) is 14.4. The number of halogens is 3. The van der Waals surface area contributed by atoms with E-state index in [1.54, 1.807) is 16.8 Å². The fourth-order valence-electron chi connectivity index (χ4n) is 1.68. The predicted octanol–water partition coefficient (Wildman–Crippen LogP) is 3.92. The van der Waals surface area contributed by atoms with Crippen molar-refractivity contribution in [3.63, 3.8) is 0 Å². The van der Waals surface area contributed by atoms with Crippen LogP contribution in [0.3, 0.4) is 0 Å². The van der Waals surface area contributed by atoms with Gasteiger partial charge in [-0.3, -0.25) is 0 Å². The Morgan fingerprint density at radius 1 is 1.32 bits per heavy atom. The lowest BCUT2D eigenvalue weighted by molar-refractivity contribution is 0.285. The number of aromatic nitrogens is 3. The van der Waals surface area contributed by atoms with E-state index in [0.717, 1.165) is 17.9 Å². The molecule has 1 aromatic carbocycles. The van der Waals surface area contributed by atoms with Crippen molar-refractivity contribution in [3.8, 4) is 5.75 Å². The minimum atomic E-state index is 0.274. The maximum Gasteiger partial charge on any atom is 0.164 e. The van der Waals surface area contributed by atoms with Crippen molar-refractivity contribution in [2.75, 3.05) is 0 Å². The quantitative estimate of drug-likeness (QED) is 0.784. The number of aryl methyl sites for hydroxylation is 1. The van der Waals surface area contributed by atoms with Crippen LogP contribution in [0.4, 0.5) is 0 Å². The monoisotopic (exact) mass is 319 g/mol. The van der Waals surface area contributed by atoms with E-state index >= 15 is 0 Å². The van der Waals surface area contributed by atoms with Crippen molar-refractivity contribution >= 4 is 34.8 Å². The highest BCUT2D eigenvalue weighted by atomic mass is 35.5. The van der Waals surface area contributed by atoms with Crippen molar-refractivity contribution in [2.24, 2.45) is 0 Å². The molecule has 0 aliphatic heterocycles. The van der Waals surface area contributed by atoms with Crippen LogP contribution in [-0.2, 0) is 19.0 Å². The minimum absolute atomic E-state index is 0.274. The second-order valence-electron chi connectivity index (χ2n) is 3.79. The van der Waals surface area contributed by atoms with Crippen LogP contribution in [0.1, 0.15) is 18.3 Å². The Bertz CT molecular complexity index is 571. The number of rotatable bonds is 5. The van der Waals surface area contributed by atoms with Gasteiger partial charge in [0.05, 0.1) is 10.9 Å². The molecule has 0 unspecified atom stereocenters. The van der Waals surface area contributed by atoms with Gasteiger partial charge in [-0.2, -0.15) is 5.10 Å². The SMILES string of the molecule is CCn1ncnc1COc1c(Cl)cc(Cl)cc1CCl. The van der Waals surface area contributed by atoms with Gasteiger partial charge in [-0.25, -0.2) is 9.67 Å². The Balaban J connectivity index is 2.20. The molecule has 7 heteroatoms. The molecule has 1 aromatic heterocycles. The van der Waals surface area contributed by atoms with Crippen LogP contribution in [0.5, 0.6) is 5.75 Å². The maximum atomic E-state index is 6.12.